The number of carbonyl (C=O) groups is 1. The molecule has 4 nitrogen and oxygen atoms in total. The van der Waals surface area contributed by atoms with Gasteiger partial charge in [-0.05, 0) is 29.6 Å². The molecule has 1 aromatic carbocycles. The van der Waals surface area contributed by atoms with Crippen LogP contribution in [0.1, 0.15) is 10.4 Å². The fourth-order valence-corrected chi connectivity index (χ4v) is 1.93. The highest BCUT2D eigenvalue weighted by Crippen LogP contribution is 2.24. The molecule has 1 aromatic heterocycles. The lowest BCUT2D eigenvalue weighted by Gasteiger charge is -2.08. The van der Waals surface area contributed by atoms with E-state index in [0.29, 0.717) is 11.4 Å². The molecule has 0 aliphatic heterocycles. The fourth-order valence-electron chi connectivity index (χ4n) is 1.34. The van der Waals surface area contributed by atoms with Gasteiger partial charge in [0.05, 0.1) is 11.3 Å². The summed E-state index contributed by atoms with van der Waals surface area (Å²) in [7, 11) is 0. The van der Waals surface area contributed by atoms with Crippen molar-refractivity contribution in [1.82, 2.24) is 0 Å². The first-order valence-electron chi connectivity index (χ1n) is 4.59. The van der Waals surface area contributed by atoms with E-state index in [0.717, 1.165) is 5.69 Å². The SMILES string of the molecule is Nc1ccc(Nc2ccsc2)c(C(=O)O)c1. The molecule has 82 valence electrons. The number of hydrogen-bond acceptors (Lipinski definition) is 4. The molecule has 0 aliphatic carbocycles. The Morgan fingerprint density at radius 1 is 1.38 bits per heavy atom. The van der Waals surface area contributed by atoms with Crippen LogP contribution < -0.4 is 11.1 Å². The number of aromatic carboxylic acids is 1. The Bertz CT molecular complexity index is 509. The highest BCUT2D eigenvalue weighted by Gasteiger charge is 2.10. The standard InChI is InChI=1S/C11H10N2O2S/c12-7-1-2-10(9(5-7)11(14)15)13-8-3-4-16-6-8/h1-6,13H,12H2,(H,14,15). The van der Waals surface area contributed by atoms with Gasteiger partial charge in [-0.25, -0.2) is 4.79 Å². The van der Waals surface area contributed by atoms with Crippen LogP contribution in [0.4, 0.5) is 17.1 Å². The van der Waals surface area contributed by atoms with Crippen molar-refractivity contribution in [2.24, 2.45) is 0 Å². The fraction of sp³-hybridized carbons (Fsp3) is 0. The smallest absolute Gasteiger partial charge is 0.337 e. The summed E-state index contributed by atoms with van der Waals surface area (Å²) in [6.07, 6.45) is 0. The Morgan fingerprint density at radius 2 is 2.19 bits per heavy atom. The molecule has 0 fully saturated rings. The molecule has 4 N–H and O–H groups in total. The van der Waals surface area contributed by atoms with Crippen LogP contribution in [0.3, 0.4) is 0 Å². The Hall–Kier alpha value is -2.01. The van der Waals surface area contributed by atoms with Crippen LogP contribution >= 0.6 is 11.3 Å². The molecule has 0 saturated heterocycles. The molecule has 0 spiro atoms. The number of nitrogens with one attached hydrogen (secondary N) is 1. The van der Waals surface area contributed by atoms with Crippen LogP contribution in [0.5, 0.6) is 0 Å². The molecular weight excluding hydrogens is 224 g/mol. The Balaban J connectivity index is 2.36. The first-order chi connectivity index (χ1) is 7.66. The summed E-state index contributed by atoms with van der Waals surface area (Å²) in [4.78, 5) is 11.0. The molecule has 0 atom stereocenters. The number of thiophene rings is 1. The Kier molecular flexibility index (Phi) is 2.78. The zero-order chi connectivity index (χ0) is 11.5. The van der Waals surface area contributed by atoms with E-state index in [1.165, 1.54) is 6.07 Å². The second-order valence-corrected chi connectivity index (χ2v) is 4.03. The van der Waals surface area contributed by atoms with Crippen molar-refractivity contribution >= 4 is 34.4 Å². The molecule has 2 rings (SSSR count). The molecule has 5 heteroatoms. The van der Waals surface area contributed by atoms with Gasteiger partial charge in [0.2, 0.25) is 0 Å². The molecular formula is C11H10N2O2S. The second kappa shape index (κ2) is 4.24. The molecule has 0 unspecified atom stereocenters. The molecule has 0 aliphatic rings. The van der Waals surface area contributed by atoms with Gasteiger partial charge in [0, 0.05) is 16.8 Å². The van der Waals surface area contributed by atoms with Crippen LogP contribution in [0.25, 0.3) is 0 Å². The highest BCUT2D eigenvalue weighted by molar-refractivity contribution is 7.08. The number of hydrogen-bond donors (Lipinski definition) is 3. The van der Waals surface area contributed by atoms with Crippen molar-refractivity contribution in [3.05, 3.63) is 40.6 Å². The number of anilines is 3. The van der Waals surface area contributed by atoms with Crippen LogP contribution in [0.2, 0.25) is 0 Å². The summed E-state index contributed by atoms with van der Waals surface area (Å²) in [5.41, 5.74) is 7.57. The molecule has 0 saturated carbocycles. The third kappa shape index (κ3) is 2.14. The van der Waals surface area contributed by atoms with Crippen LogP contribution in [-0.2, 0) is 0 Å². The number of nitrogens with two attached hydrogens (primary N) is 1. The highest BCUT2D eigenvalue weighted by atomic mass is 32.1. The summed E-state index contributed by atoms with van der Waals surface area (Å²) in [5, 5.41) is 15.9. The van der Waals surface area contributed by atoms with Gasteiger partial charge >= 0.3 is 5.97 Å². The molecule has 2 aromatic rings. The van der Waals surface area contributed by atoms with Gasteiger partial charge in [-0.2, -0.15) is 11.3 Å². The first-order valence-corrected chi connectivity index (χ1v) is 5.53. The normalized spacial score (nSPS) is 10.0. The van der Waals surface area contributed by atoms with Crippen molar-refractivity contribution in [1.29, 1.82) is 0 Å². The van der Waals surface area contributed by atoms with Crippen molar-refractivity contribution < 1.29 is 9.90 Å². The average Bonchev–Trinajstić information content (AvgIpc) is 2.73. The number of nitrogen functional groups attached to an aromatic ring is 1. The van der Waals surface area contributed by atoms with Crippen LogP contribution in [-0.4, -0.2) is 11.1 Å². The summed E-state index contributed by atoms with van der Waals surface area (Å²) < 4.78 is 0. The van der Waals surface area contributed by atoms with Crippen molar-refractivity contribution in [3.8, 4) is 0 Å². The summed E-state index contributed by atoms with van der Waals surface area (Å²) in [6.45, 7) is 0. The van der Waals surface area contributed by atoms with Gasteiger partial charge in [-0.1, -0.05) is 0 Å². The molecule has 16 heavy (non-hydrogen) atoms. The van der Waals surface area contributed by atoms with Gasteiger partial charge < -0.3 is 16.2 Å². The first kappa shape index (κ1) is 10.5. The minimum Gasteiger partial charge on any atom is -0.478 e. The van der Waals surface area contributed by atoms with Gasteiger partial charge in [0.25, 0.3) is 0 Å². The monoisotopic (exact) mass is 234 g/mol. The van der Waals surface area contributed by atoms with E-state index < -0.39 is 5.97 Å². The number of carboxylic acids is 1. The minimum atomic E-state index is -0.995. The molecule has 0 bridgehead atoms. The third-order valence-electron chi connectivity index (χ3n) is 2.07. The lowest BCUT2D eigenvalue weighted by molar-refractivity contribution is 0.0698. The average molecular weight is 234 g/mol. The minimum absolute atomic E-state index is 0.172. The predicted molar refractivity (Wildman–Crippen MR) is 65.4 cm³/mol. The maximum Gasteiger partial charge on any atom is 0.337 e. The van der Waals surface area contributed by atoms with Crippen LogP contribution in [0.15, 0.2) is 35.0 Å². The number of rotatable bonds is 3. The molecule has 0 radical (unpaired) electrons. The van der Waals surface area contributed by atoms with E-state index in [2.05, 4.69) is 5.32 Å². The zero-order valence-corrected chi connectivity index (χ0v) is 9.12. The van der Waals surface area contributed by atoms with Crippen molar-refractivity contribution in [2.75, 3.05) is 11.1 Å². The maximum atomic E-state index is 11.0. The van der Waals surface area contributed by atoms with Crippen LogP contribution in [0, 0.1) is 0 Å². The Labute approximate surface area is 96.3 Å². The van der Waals surface area contributed by atoms with E-state index in [-0.39, 0.29) is 5.56 Å². The van der Waals surface area contributed by atoms with Gasteiger partial charge in [-0.3, -0.25) is 0 Å². The van der Waals surface area contributed by atoms with Crippen molar-refractivity contribution in [2.45, 2.75) is 0 Å². The largest absolute Gasteiger partial charge is 0.478 e. The summed E-state index contributed by atoms with van der Waals surface area (Å²) >= 11 is 1.54. The summed E-state index contributed by atoms with van der Waals surface area (Å²) in [6, 6.07) is 6.65. The predicted octanol–water partition coefficient (Wildman–Crippen LogP) is 2.77. The maximum absolute atomic E-state index is 11.0. The second-order valence-electron chi connectivity index (χ2n) is 3.25. The quantitative estimate of drug-likeness (QED) is 0.714. The molecule has 1 heterocycles. The van der Waals surface area contributed by atoms with E-state index in [1.807, 2.05) is 16.8 Å². The third-order valence-corrected chi connectivity index (χ3v) is 2.76. The molecule has 0 amide bonds. The van der Waals surface area contributed by atoms with E-state index >= 15 is 0 Å². The topological polar surface area (TPSA) is 75.3 Å². The van der Waals surface area contributed by atoms with Gasteiger partial charge in [-0.15, -0.1) is 0 Å². The van der Waals surface area contributed by atoms with Gasteiger partial charge in [0.15, 0.2) is 0 Å². The lowest BCUT2D eigenvalue weighted by atomic mass is 10.1. The number of carboxylic acid groups (broad SMARTS) is 1. The summed E-state index contributed by atoms with van der Waals surface area (Å²) in [5.74, 6) is -0.995. The van der Waals surface area contributed by atoms with E-state index in [1.54, 1.807) is 23.5 Å². The Morgan fingerprint density at radius 3 is 2.81 bits per heavy atom. The van der Waals surface area contributed by atoms with E-state index in [4.69, 9.17) is 10.8 Å². The van der Waals surface area contributed by atoms with Crippen molar-refractivity contribution in [3.63, 3.8) is 0 Å². The number of benzene rings is 1. The van der Waals surface area contributed by atoms with E-state index in [9.17, 15) is 4.79 Å². The zero-order valence-electron chi connectivity index (χ0n) is 8.31. The lowest BCUT2D eigenvalue weighted by Crippen LogP contribution is -2.03. The van der Waals surface area contributed by atoms with Gasteiger partial charge in [0.1, 0.15) is 0 Å².